The molecule has 0 N–H and O–H groups in total. The summed E-state index contributed by atoms with van der Waals surface area (Å²) in [7, 11) is 0. The lowest BCUT2D eigenvalue weighted by Gasteiger charge is -2.31. The highest BCUT2D eigenvalue weighted by Crippen LogP contribution is 2.41. The molecular formula is C19H15ClF3N3O. The second-order valence-electron chi connectivity index (χ2n) is 7.52. The van der Waals surface area contributed by atoms with Crippen molar-refractivity contribution in [3.05, 3.63) is 52.4 Å². The van der Waals surface area contributed by atoms with Gasteiger partial charge in [-0.2, -0.15) is 18.3 Å². The van der Waals surface area contributed by atoms with Gasteiger partial charge in [0.05, 0.1) is 17.5 Å². The van der Waals surface area contributed by atoms with Crippen LogP contribution in [0.3, 0.4) is 0 Å². The number of fused-ring (bicyclic) bond motifs is 3. The molecule has 0 radical (unpaired) electrons. The molecule has 1 aliphatic rings. The predicted molar refractivity (Wildman–Crippen MR) is 94.9 cm³/mol. The molecule has 0 amide bonds. The van der Waals surface area contributed by atoms with Crippen molar-refractivity contribution in [2.24, 2.45) is 5.41 Å². The van der Waals surface area contributed by atoms with Gasteiger partial charge >= 0.3 is 6.18 Å². The van der Waals surface area contributed by atoms with Gasteiger partial charge in [-0.15, -0.1) is 0 Å². The standard InChI is InChI=1S/C19H15ClF3N3O/c1-18(2)7-13-15(14(27)8-18)16(19(21,22)23)25-17-12(9-24-26(13)17)10-3-5-11(20)6-4-10/h3-6,9H,7-8H2,1-2H3. The lowest BCUT2D eigenvalue weighted by atomic mass is 9.75. The Morgan fingerprint density at radius 1 is 1.15 bits per heavy atom. The summed E-state index contributed by atoms with van der Waals surface area (Å²) in [4.78, 5) is 16.4. The zero-order valence-corrected chi connectivity index (χ0v) is 15.3. The molecule has 27 heavy (non-hydrogen) atoms. The minimum atomic E-state index is -4.73. The average Bonchev–Trinajstić information content (AvgIpc) is 2.97. The summed E-state index contributed by atoms with van der Waals surface area (Å²) >= 11 is 5.90. The van der Waals surface area contributed by atoms with Crippen LogP contribution in [0.2, 0.25) is 5.02 Å². The second kappa shape index (κ2) is 5.79. The highest BCUT2D eigenvalue weighted by Gasteiger charge is 2.44. The number of Topliss-reactive ketones (excluding diaryl/α,β-unsaturated/α-hetero) is 1. The zero-order chi connectivity index (χ0) is 19.6. The van der Waals surface area contributed by atoms with E-state index >= 15 is 0 Å². The van der Waals surface area contributed by atoms with Gasteiger partial charge in [-0.1, -0.05) is 37.6 Å². The number of hydrogen-bond donors (Lipinski definition) is 0. The van der Waals surface area contributed by atoms with Gasteiger partial charge in [0, 0.05) is 17.0 Å². The van der Waals surface area contributed by atoms with E-state index in [4.69, 9.17) is 11.6 Å². The van der Waals surface area contributed by atoms with Gasteiger partial charge in [0.15, 0.2) is 17.1 Å². The first-order valence-corrected chi connectivity index (χ1v) is 8.71. The molecule has 0 saturated carbocycles. The van der Waals surface area contributed by atoms with Crippen LogP contribution in [0.1, 0.15) is 42.0 Å². The molecule has 4 rings (SSSR count). The maximum Gasteiger partial charge on any atom is 0.434 e. The summed E-state index contributed by atoms with van der Waals surface area (Å²) in [5, 5.41) is 4.77. The largest absolute Gasteiger partial charge is 0.434 e. The van der Waals surface area contributed by atoms with Crippen LogP contribution in [0.4, 0.5) is 13.2 Å². The molecule has 0 atom stereocenters. The fourth-order valence-corrected chi connectivity index (χ4v) is 3.71. The number of halogens is 4. The van der Waals surface area contributed by atoms with Crippen molar-refractivity contribution in [2.75, 3.05) is 0 Å². The van der Waals surface area contributed by atoms with Crippen molar-refractivity contribution < 1.29 is 18.0 Å². The van der Waals surface area contributed by atoms with Gasteiger partial charge in [-0.05, 0) is 29.5 Å². The van der Waals surface area contributed by atoms with Crippen LogP contribution in [0, 0.1) is 5.41 Å². The van der Waals surface area contributed by atoms with Crippen molar-refractivity contribution in [3.63, 3.8) is 0 Å². The summed E-state index contributed by atoms with van der Waals surface area (Å²) in [6.45, 7) is 3.72. The van der Waals surface area contributed by atoms with Gasteiger partial charge in [0.25, 0.3) is 0 Å². The summed E-state index contributed by atoms with van der Waals surface area (Å²) in [6, 6.07) is 6.69. The number of aromatic nitrogens is 3. The summed E-state index contributed by atoms with van der Waals surface area (Å²) < 4.78 is 42.5. The summed E-state index contributed by atoms with van der Waals surface area (Å²) in [6.07, 6.45) is -2.91. The third kappa shape index (κ3) is 3.00. The first-order chi connectivity index (χ1) is 12.6. The fourth-order valence-electron chi connectivity index (χ4n) is 3.58. The Labute approximate surface area is 158 Å². The van der Waals surface area contributed by atoms with Crippen molar-refractivity contribution >= 4 is 23.0 Å². The molecule has 4 nitrogen and oxygen atoms in total. The van der Waals surface area contributed by atoms with Crippen molar-refractivity contribution in [1.82, 2.24) is 14.6 Å². The van der Waals surface area contributed by atoms with Crippen LogP contribution in [-0.2, 0) is 12.6 Å². The molecule has 0 spiro atoms. The molecular weight excluding hydrogens is 379 g/mol. The molecule has 0 saturated heterocycles. The molecule has 1 aliphatic carbocycles. The van der Waals surface area contributed by atoms with Crippen LogP contribution in [0.25, 0.3) is 16.8 Å². The number of alkyl halides is 3. The van der Waals surface area contributed by atoms with E-state index in [0.717, 1.165) is 0 Å². The number of hydrogen-bond acceptors (Lipinski definition) is 3. The van der Waals surface area contributed by atoms with Gasteiger partial charge in [0.2, 0.25) is 0 Å². The molecule has 2 heterocycles. The number of carbonyl (C=O) groups excluding carboxylic acids is 1. The Hall–Kier alpha value is -2.41. The van der Waals surface area contributed by atoms with Gasteiger partial charge in [-0.3, -0.25) is 4.79 Å². The molecule has 2 aromatic heterocycles. The average molecular weight is 394 g/mol. The van der Waals surface area contributed by atoms with Crippen LogP contribution in [-0.4, -0.2) is 20.4 Å². The SMILES string of the molecule is CC1(C)CC(=O)c2c(C(F)(F)F)nc3c(-c4ccc(Cl)cc4)cnn3c2C1. The summed E-state index contributed by atoms with van der Waals surface area (Å²) in [5.41, 5.74) is -0.510. The Morgan fingerprint density at radius 2 is 1.81 bits per heavy atom. The monoisotopic (exact) mass is 393 g/mol. The van der Waals surface area contributed by atoms with Crippen LogP contribution < -0.4 is 0 Å². The maximum atomic E-state index is 13.7. The Bertz CT molecular complexity index is 1070. The van der Waals surface area contributed by atoms with E-state index in [0.29, 0.717) is 22.6 Å². The van der Waals surface area contributed by atoms with Crippen LogP contribution in [0.15, 0.2) is 30.5 Å². The normalized spacial score (nSPS) is 16.6. The number of benzene rings is 1. The molecule has 0 bridgehead atoms. The van der Waals surface area contributed by atoms with Crippen molar-refractivity contribution in [1.29, 1.82) is 0 Å². The van der Waals surface area contributed by atoms with E-state index in [-0.39, 0.29) is 23.3 Å². The second-order valence-corrected chi connectivity index (χ2v) is 7.96. The fraction of sp³-hybridized carbons (Fsp3) is 0.316. The lowest BCUT2D eigenvalue weighted by Crippen LogP contribution is -2.32. The van der Waals surface area contributed by atoms with E-state index in [1.807, 2.05) is 13.8 Å². The maximum absolute atomic E-state index is 13.7. The molecule has 0 fully saturated rings. The van der Waals surface area contributed by atoms with Gasteiger partial charge in [-0.25, -0.2) is 9.50 Å². The van der Waals surface area contributed by atoms with Crippen molar-refractivity contribution in [3.8, 4) is 11.1 Å². The van der Waals surface area contributed by atoms with Crippen LogP contribution in [0.5, 0.6) is 0 Å². The quantitative estimate of drug-likeness (QED) is 0.569. The molecule has 140 valence electrons. The number of carbonyl (C=O) groups is 1. The zero-order valence-electron chi connectivity index (χ0n) is 14.6. The lowest BCUT2D eigenvalue weighted by molar-refractivity contribution is -0.141. The Kier molecular flexibility index (Phi) is 3.86. The minimum Gasteiger partial charge on any atom is -0.294 e. The van der Waals surface area contributed by atoms with E-state index in [9.17, 15) is 18.0 Å². The predicted octanol–water partition coefficient (Wildman–Crippen LogP) is 5.22. The van der Waals surface area contributed by atoms with Gasteiger partial charge in [0.1, 0.15) is 0 Å². The molecule has 1 aromatic carbocycles. The van der Waals surface area contributed by atoms with Crippen molar-refractivity contribution in [2.45, 2.75) is 32.9 Å². The highest BCUT2D eigenvalue weighted by atomic mass is 35.5. The first-order valence-electron chi connectivity index (χ1n) is 8.34. The third-order valence-electron chi connectivity index (χ3n) is 4.73. The molecule has 0 aliphatic heterocycles. The van der Waals surface area contributed by atoms with E-state index in [1.165, 1.54) is 10.7 Å². The minimum absolute atomic E-state index is 0.0432. The third-order valence-corrected chi connectivity index (χ3v) is 4.98. The smallest absolute Gasteiger partial charge is 0.294 e. The number of ketones is 1. The molecule has 3 aromatic rings. The Balaban J connectivity index is 2.05. The first kappa shape index (κ1) is 18.0. The number of nitrogens with zero attached hydrogens (tertiary/aromatic N) is 3. The molecule has 0 unspecified atom stereocenters. The van der Waals surface area contributed by atoms with E-state index in [1.54, 1.807) is 24.3 Å². The van der Waals surface area contributed by atoms with E-state index in [2.05, 4.69) is 10.1 Å². The Morgan fingerprint density at radius 3 is 2.44 bits per heavy atom. The topological polar surface area (TPSA) is 47.3 Å². The number of rotatable bonds is 1. The summed E-state index contributed by atoms with van der Waals surface area (Å²) in [5.74, 6) is -0.550. The highest BCUT2D eigenvalue weighted by molar-refractivity contribution is 6.30. The van der Waals surface area contributed by atoms with Crippen LogP contribution >= 0.6 is 11.6 Å². The van der Waals surface area contributed by atoms with Gasteiger partial charge < -0.3 is 0 Å². The van der Waals surface area contributed by atoms with E-state index < -0.39 is 23.1 Å². The molecule has 8 heteroatoms.